The average molecular weight is 372 g/mol. The molecular weight excluding hydrogens is 338 g/mol. The fourth-order valence-corrected chi connectivity index (χ4v) is 3.85. The van der Waals surface area contributed by atoms with Crippen LogP contribution in [0.4, 0.5) is 5.69 Å². The van der Waals surface area contributed by atoms with Crippen LogP contribution in [0.5, 0.6) is 0 Å². The van der Waals surface area contributed by atoms with E-state index in [9.17, 15) is 0 Å². The third kappa shape index (κ3) is 5.84. The zero-order chi connectivity index (χ0) is 18.8. The van der Waals surface area contributed by atoms with Crippen molar-refractivity contribution in [2.75, 3.05) is 5.88 Å². The van der Waals surface area contributed by atoms with Gasteiger partial charge in [0.15, 0.2) is 0 Å². The summed E-state index contributed by atoms with van der Waals surface area (Å²) in [4.78, 5) is 5.20. The number of para-hydroxylation sites is 1. The van der Waals surface area contributed by atoms with Gasteiger partial charge in [-0.1, -0.05) is 76.3 Å². The molecule has 1 aliphatic heterocycles. The molecule has 2 rings (SSSR count). The SMILES string of the molecule is CCCCCC(CCCC)C1=Nc2ccccc2CC(C=CCCl)=C1C. The Bertz CT molecular complexity index is 654. The van der Waals surface area contributed by atoms with Crippen LogP contribution in [0.3, 0.4) is 0 Å². The highest BCUT2D eigenvalue weighted by Crippen LogP contribution is 2.33. The maximum absolute atomic E-state index is 5.92. The van der Waals surface area contributed by atoms with Gasteiger partial charge in [0.2, 0.25) is 0 Å². The summed E-state index contributed by atoms with van der Waals surface area (Å²) in [5.74, 6) is 1.12. The fourth-order valence-electron chi connectivity index (χ4n) is 3.76. The number of aliphatic imine (C=N–C) groups is 1. The van der Waals surface area contributed by atoms with Gasteiger partial charge in [0.1, 0.15) is 0 Å². The van der Waals surface area contributed by atoms with Crippen molar-refractivity contribution in [3.8, 4) is 0 Å². The molecule has 0 aromatic heterocycles. The molecule has 142 valence electrons. The van der Waals surface area contributed by atoms with Crippen molar-refractivity contribution < 1.29 is 0 Å². The standard InChI is InChI=1S/C24H34ClN/c1-4-6-8-13-20(12-7-5-2)24-19(3)21(15-11-17-25)18-22-14-9-10-16-23(22)26-24/h9-11,14-16,20H,4-8,12-13,17-18H2,1-3H3. The number of hydrogen-bond donors (Lipinski definition) is 0. The predicted octanol–water partition coefficient (Wildman–Crippen LogP) is 7.81. The lowest BCUT2D eigenvalue weighted by Crippen LogP contribution is -2.17. The number of alkyl halides is 1. The van der Waals surface area contributed by atoms with Gasteiger partial charge in [-0.25, -0.2) is 0 Å². The van der Waals surface area contributed by atoms with Crippen LogP contribution in [0.25, 0.3) is 0 Å². The van der Waals surface area contributed by atoms with Gasteiger partial charge in [-0.05, 0) is 49.0 Å². The van der Waals surface area contributed by atoms with E-state index >= 15 is 0 Å². The Balaban J connectivity index is 2.43. The molecule has 0 radical (unpaired) electrons. The predicted molar refractivity (Wildman–Crippen MR) is 117 cm³/mol. The van der Waals surface area contributed by atoms with Gasteiger partial charge in [-0.15, -0.1) is 11.6 Å². The lowest BCUT2D eigenvalue weighted by molar-refractivity contribution is 0.512. The molecule has 1 aromatic rings. The van der Waals surface area contributed by atoms with Gasteiger partial charge in [-0.2, -0.15) is 0 Å². The average Bonchev–Trinajstić information content (AvgIpc) is 2.80. The minimum absolute atomic E-state index is 0.556. The Morgan fingerprint density at radius 2 is 1.81 bits per heavy atom. The minimum Gasteiger partial charge on any atom is -0.253 e. The summed E-state index contributed by atoms with van der Waals surface area (Å²) in [7, 11) is 0. The lowest BCUT2D eigenvalue weighted by Gasteiger charge is -2.21. The largest absolute Gasteiger partial charge is 0.253 e. The van der Waals surface area contributed by atoms with Crippen molar-refractivity contribution in [1.29, 1.82) is 0 Å². The summed E-state index contributed by atoms with van der Waals surface area (Å²) in [6.45, 7) is 6.82. The normalized spacial score (nSPS) is 15.8. The summed E-state index contributed by atoms with van der Waals surface area (Å²) in [5, 5.41) is 0. The van der Waals surface area contributed by atoms with E-state index in [1.807, 2.05) is 0 Å². The Labute approximate surface area is 165 Å². The molecule has 1 aliphatic rings. The van der Waals surface area contributed by atoms with Crippen LogP contribution in [0.1, 0.15) is 71.3 Å². The van der Waals surface area contributed by atoms with Crippen LogP contribution in [-0.4, -0.2) is 11.6 Å². The highest BCUT2D eigenvalue weighted by molar-refractivity contribution is 6.18. The first kappa shape index (κ1) is 21.0. The van der Waals surface area contributed by atoms with Crippen molar-refractivity contribution >= 4 is 23.0 Å². The molecule has 0 saturated heterocycles. The first-order valence-electron chi connectivity index (χ1n) is 10.3. The van der Waals surface area contributed by atoms with Crippen molar-refractivity contribution in [2.24, 2.45) is 10.9 Å². The minimum atomic E-state index is 0.556. The van der Waals surface area contributed by atoms with E-state index in [2.05, 4.69) is 57.2 Å². The van der Waals surface area contributed by atoms with E-state index in [1.54, 1.807) is 0 Å². The number of halogens is 1. The Morgan fingerprint density at radius 1 is 1.08 bits per heavy atom. The molecule has 0 spiro atoms. The molecule has 2 heteroatoms. The Hall–Kier alpha value is -1.34. The van der Waals surface area contributed by atoms with Crippen LogP contribution < -0.4 is 0 Å². The van der Waals surface area contributed by atoms with Crippen molar-refractivity contribution in [3.63, 3.8) is 0 Å². The smallest absolute Gasteiger partial charge is 0.0668 e. The highest BCUT2D eigenvalue weighted by atomic mass is 35.5. The molecule has 1 nitrogen and oxygen atoms in total. The van der Waals surface area contributed by atoms with Crippen LogP contribution >= 0.6 is 11.6 Å². The van der Waals surface area contributed by atoms with E-state index in [0.29, 0.717) is 11.8 Å². The highest BCUT2D eigenvalue weighted by Gasteiger charge is 2.22. The zero-order valence-electron chi connectivity index (χ0n) is 16.7. The number of benzene rings is 1. The maximum atomic E-state index is 5.92. The Morgan fingerprint density at radius 3 is 2.54 bits per heavy atom. The lowest BCUT2D eigenvalue weighted by atomic mass is 9.85. The Kier molecular flexibility index (Phi) is 9.18. The van der Waals surface area contributed by atoms with Gasteiger partial charge >= 0.3 is 0 Å². The molecule has 1 heterocycles. The second-order valence-electron chi connectivity index (χ2n) is 7.34. The molecule has 1 aromatic carbocycles. The first-order chi connectivity index (χ1) is 12.7. The van der Waals surface area contributed by atoms with Gasteiger partial charge < -0.3 is 0 Å². The van der Waals surface area contributed by atoms with Gasteiger partial charge in [0.25, 0.3) is 0 Å². The zero-order valence-corrected chi connectivity index (χ0v) is 17.5. The van der Waals surface area contributed by atoms with Gasteiger partial charge in [-0.3, -0.25) is 4.99 Å². The summed E-state index contributed by atoms with van der Waals surface area (Å²) in [5.41, 5.74) is 6.51. The third-order valence-corrected chi connectivity index (χ3v) is 5.51. The molecule has 0 N–H and O–H groups in total. The van der Waals surface area contributed by atoms with E-state index in [0.717, 1.165) is 12.1 Å². The number of rotatable bonds is 10. The molecule has 1 unspecified atom stereocenters. The third-order valence-electron chi connectivity index (χ3n) is 5.34. The topological polar surface area (TPSA) is 12.4 Å². The number of hydrogen-bond acceptors (Lipinski definition) is 1. The van der Waals surface area contributed by atoms with Gasteiger partial charge in [0, 0.05) is 17.5 Å². The molecule has 0 saturated carbocycles. The van der Waals surface area contributed by atoms with Crippen LogP contribution in [0.2, 0.25) is 0 Å². The molecule has 0 aliphatic carbocycles. The quantitative estimate of drug-likeness (QED) is 0.293. The van der Waals surface area contributed by atoms with Crippen molar-refractivity contribution in [1.82, 2.24) is 0 Å². The van der Waals surface area contributed by atoms with Crippen LogP contribution in [0.15, 0.2) is 52.6 Å². The molecule has 1 atom stereocenters. The van der Waals surface area contributed by atoms with Crippen LogP contribution in [0, 0.1) is 5.92 Å². The monoisotopic (exact) mass is 371 g/mol. The van der Waals surface area contributed by atoms with E-state index in [-0.39, 0.29) is 0 Å². The number of unbranched alkanes of at least 4 members (excludes halogenated alkanes) is 3. The fraction of sp³-hybridized carbons (Fsp3) is 0.542. The summed E-state index contributed by atoms with van der Waals surface area (Å²) < 4.78 is 0. The molecule has 26 heavy (non-hydrogen) atoms. The molecule has 0 amide bonds. The van der Waals surface area contributed by atoms with Crippen molar-refractivity contribution in [2.45, 2.75) is 72.1 Å². The molecular formula is C24H34ClN. The van der Waals surface area contributed by atoms with E-state index in [4.69, 9.17) is 16.6 Å². The van der Waals surface area contributed by atoms with Crippen LogP contribution in [-0.2, 0) is 6.42 Å². The van der Waals surface area contributed by atoms with E-state index in [1.165, 1.54) is 67.4 Å². The van der Waals surface area contributed by atoms with Gasteiger partial charge in [0.05, 0.1) is 5.69 Å². The van der Waals surface area contributed by atoms with E-state index < -0.39 is 0 Å². The number of nitrogens with zero attached hydrogens (tertiary/aromatic N) is 1. The summed E-state index contributed by atoms with van der Waals surface area (Å²) in [6, 6.07) is 8.60. The van der Waals surface area contributed by atoms with Crippen molar-refractivity contribution in [3.05, 3.63) is 53.1 Å². The maximum Gasteiger partial charge on any atom is 0.0668 e. The summed E-state index contributed by atoms with van der Waals surface area (Å²) in [6.07, 6.45) is 14.1. The molecule has 0 bridgehead atoms. The first-order valence-corrected chi connectivity index (χ1v) is 10.8. The second kappa shape index (κ2) is 11.4. The number of fused-ring (bicyclic) bond motifs is 1. The second-order valence-corrected chi connectivity index (χ2v) is 7.65. The molecule has 0 fully saturated rings. The number of allylic oxidation sites excluding steroid dienone is 4. The summed E-state index contributed by atoms with van der Waals surface area (Å²) >= 11 is 5.92.